The SMILES string of the molecule is COc1cc(OC)cc(OCC(N)c2ccccc2)c1. The highest BCUT2D eigenvalue weighted by atomic mass is 16.5. The third kappa shape index (κ3) is 3.65. The zero-order chi connectivity index (χ0) is 14.4. The minimum absolute atomic E-state index is 0.173. The molecule has 2 aromatic rings. The van der Waals surface area contributed by atoms with E-state index in [2.05, 4.69) is 0 Å². The van der Waals surface area contributed by atoms with Crippen LogP contribution in [0.2, 0.25) is 0 Å². The predicted octanol–water partition coefficient (Wildman–Crippen LogP) is 2.78. The number of hydrogen-bond acceptors (Lipinski definition) is 4. The van der Waals surface area contributed by atoms with Crippen LogP contribution in [0.1, 0.15) is 11.6 Å². The fraction of sp³-hybridized carbons (Fsp3) is 0.250. The smallest absolute Gasteiger partial charge is 0.126 e. The Hall–Kier alpha value is -2.20. The van der Waals surface area contributed by atoms with Crippen LogP contribution in [0, 0.1) is 0 Å². The molecule has 2 rings (SSSR count). The molecule has 0 aromatic heterocycles. The normalized spacial score (nSPS) is 11.8. The summed E-state index contributed by atoms with van der Waals surface area (Å²) < 4.78 is 16.1. The average molecular weight is 273 g/mol. The van der Waals surface area contributed by atoms with Gasteiger partial charge < -0.3 is 19.9 Å². The molecule has 2 N–H and O–H groups in total. The molecule has 0 aliphatic heterocycles. The minimum Gasteiger partial charge on any atom is -0.496 e. The van der Waals surface area contributed by atoms with Crippen molar-refractivity contribution in [3.63, 3.8) is 0 Å². The van der Waals surface area contributed by atoms with Crippen LogP contribution in [-0.2, 0) is 0 Å². The molecule has 20 heavy (non-hydrogen) atoms. The van der Waals surface area contributed by atoms with Crippen LogP contribution in [0.15, 0.2) is 48.5 Å². The molecule has 0 heterocycles. The van der Waals surface area contributed by atoms with E-state index in [1.54, 1.807) is 32.4 Å². The molecule has 0 spiro atoms. The lowest BCUT2D eigenvalue weighted by molar-refractivity contribution is 0.286. The maximum absolute atomic E-state index is 6.10. The largest absolute Gasteiger partial charge is 0.496 e. The molecule has 0 bridgehead atoms. The first-order chi connectivity index (χ1) is 9.72. The lowest BCUT2D eigenvalue weighted by Crippen LogP contribution is -2.18. The summed E-state index contributed by atoms with van der Waals surface area (Å²) in [6.07, 6.45) is 0. The van der Waals surface area contributed by atoms with Crippen molar-refractivity contribution in [2.45, 2.75) is 6.04 Å². The van der Waals surface area contributed by atoms with Gasteiger partial charge in [0.25, 0.3) is 0 Å². The summed E-state index contributed by atoms with van der Waals surface area (Å²) in [6.45, 7) is 0.389. The van der Waals surface area contributed by atoms with Crippen LogP contribution in [-0.4, -0.2) is 20.8 Å². The van der Waals surface area contributed by atoms with E-state index < -0.39 is 0 Å². The maximum atomic E-state index is 6.10. The zero-order valence-electron chi connectivity index (χ0n) is 11.7. The van der Waals surface area contributed by atoms with Crippen LogP contribution >= 0.6 is 0 Å². The van der Waals surface area contributed by atoms with Crippen molar-refractivity contribution in [3.05, 3.63) is 54.1 Å². The fourth-order valence-corrected chi connectivity index (χ4v) is 1.85. The lowest BCUT2D eigenvalue weighted by atomic mass is 10.1. The quantitative estimate of drug-likeness (QED) is 0.879. The second kappa shape index (κ2) is 6.82. The first kappa shape index (κ1) is 14.2. The molecule has 1 atom stereocenters. The Kier molecular flexibility index (Phi) is 4.85. The maximum Gasteiger partial charge on any atom is 0.126 e. The van der Waals surface area contributed by atoms with E-state index in [4.69, 9.17) is 19.9 Å². The summed E-state index contributed by atoms with van der Waals surface area (Å²) in [5.41, 5.74) is 7.14. The molecular weight excluding hydrogens is 254 g/mol. The van der Waals surface area contributed by atoms with Gasteiger partial charge in [0.1, 0.15) is 23.9 Å². The third-order valence-electron chi connectivity index (χ3n) is 2.98. The summed E-state index contributed by atoms with van der Waals surface area (Å²) >= 11 is 0. The van der Waals surface area contributed by atoms with Crippen molar-refractivity contribution in [1.29, 1.82) is 0 Å². The summed E-state index contributed by atoms with van der Waals surface area (Å²) in [4.78, 5) is 0. The highest BCUT2D eigenvalue weighted by molar-refractivity contribution is 5.42. The number of hydrogen-bond donors (Lipinski definition) is 1. The van der Waals surface area contributed by atoms with Gasteiger partial charge in [-0.25, -0.2) is 0 Å². The molecule has 0 saturated heterocycles. The monoisotopic (exact) mass is 273 g/mol. The van der Waals surface area contributed by atoms with Crippen LogP contribution in [0.5, 0.6) is 17.2 Å². The minimum atomic E-state index is -0.173. The van der Waals surface area contributed by atoms with Crippen molar-refractivity contribution in [3.8, 4) is 17.2 Å². The van der Waals surface area contributed by atoms with Gasteiger partial charge in [0.05, 0.1) is 20.3 Å². The second-order valence-electron chi connectivity index (χ2n) is 4.38. The van der Waals surface area contributed by atoms with Crippen molar-refractivity contribution in [2.24, 2.45) is 5.73 Å². The van der Waals surface area contributed by atoms with Gasteiger partial charge >= 0.3 is 0 Å². The van der Waals surface area contributed by atoms with Gasteiger partial charge in [-0.3, -0.25) is 0 Å². The molecule has 106 valence electrons. The fourth-order valence-electron chi connectivity index (χ4n) is 1.85. The molecule has 0 amide bonds. The molecule has 0 saturated carbocycles. The highest BCUT2D eigenvalue weighted by Gasteiger charge is 2.08. The molecule has 4 nitrogen and oxygen atoms in total. The molecule has 2 aromatic carbocycles. The van der Waals surface area contributed by atoms with E-state index in [-0.39, 0.29) is 6.04 Å². The molecular formula is C16H19NO3. The van der Waals surface area contributed by atoms with E-state index in [1.807, 2.05) is 30.3 Å². The Bertz CT molecular complexity index is 520. The predicted molar refractivity (Wildman–Crippen MR) is 78.4 cm³/mol. The van der Waals surface area contributed by atoms with Crippen molar-refractivity contribution in [1.82, 2.24) is 0 Å². The van der Waals surface area contributed by atoms with Gasteiger partial charge in [-0.2, -0.15) is 0 Å². The van der Waals surface area contributed by atoms with Crippen LogP contribution in [0.4, 0.5) is 0 Å². The van der Waals surface area contributed by atoms with Gasteiger partial charge in [-0.15, -0.1) is 0 Å². The van der Waals surface area contributed by atoms with Gasteiger partial charge in [0.2, 0.25) is 0 Å². The van der Waals surface area contributed by atoms with Crippen molar-refractivity contribution in [2.75, 3.05) is 20.8 Å². The van der Waals surface area contributed by atoms with E-state index in [0.29, 0.717) is 23.9 Å². The van der Waals surface area contributed by atoms with Gasteiger partial charge in [-0.05, 0) is 5.56 Å². The summed E-state index contributed by atoms with van der Waals surface area (Å²) in [6, 6.07) is 15.1. The Morgan fingerprint density at radius 3 is 2.00 bits per heavy atom. The summed E-state index contributed by atoms with van der Waals surface area (Å²) in [5.74, 6) is 2.05. The van der Waals surface area contributed by atoms with Gasteiger partial charge in [0.15, 0.2) is 0 Å². The molecule has 1 unspecified atom stereocenters. The van der Waals surface area contributed by atoms with Crippen LogP contribution < -0.4 is 19.9 Å². The highest BCUT2D eigenvalue weighted by Crippen LogP contribution is 2.27. The van der Waals surface area contributed by atoms with E-state index in [9.17, 15) is 0 Å². The number of ether oxygens (including phenoxy) is 3. The average Bonchev–Trinajstić information content (AvgIpc) is 2.53. The molecule has 0 radical (unpaired) electrons. The van der Waals surface area contributed by atoms with E-state index >= 15 is 0 Å². The number of benzene rings is 2. The number of methoxy groups -OCH3 is 2. The van der Waals surface area contributed by atoms with E-state index in [0.717, 1.165) is 5.56 Å². The zero-order valence-corrected chi connectivity index (χ0v) is 11.7. The van der Waals surface area contributed by atoms with Crippen molar-refractivity contribution >= 4 is 0 Å². The summed E-state index contributed by atoms with van der Waals surface area (Å²) in [7, 11) is 3.21. The topological polar surface area (TPSA) is 53.7 Å². The summed E-state index contributed by atoms with van der Waals surface area (Å²) in [5, 5.41) is 0. The Morgan fingerprint density at radius 1 is 0.900 bits per heavy atom. The first-order valence-corrected chi connectivity index (χ1v) is 6.39. The second-order valence-corrected chi connectivity index (χ2v) is 4.38. The number of nitrogens with two attached hydrogens (primary N) is 1. The van der Waals surface area contributed by atoms with Crippen LogP contribution in [0.25, 0.3) is 0 Å². The Morgan fingerprint density at radius 2 is 1.45 bits per heavy atom. The first-order valence-electron chi connectivity index (χ1n) is 6.39. The molecule has 0 aliphatic rings. The van der Waals surface area contributed by atoms with Gasteiger partial charge in [0, 0.05) is 18.2 Å². The van der Waals surface area contributed by atoms with E-state index in [1.165, 1.54) is 0 Å². The number of rotatable bonds is 6. The molecule has 0 fully saturated rings. The Balaban J connectivity index is 2.03. The van der Waals surface area contributed by atoms with Crippen molar-refractivity contribution < 1.29 is 14.2 Å². The standard InChI is InChI=1S/C16H19NO3/c1-18-13-8-14(19-2)10-15(9-13)20-11-16(17)12-6-4-3-5-7-12/h3-10,16H,11,17H2,1-2H3. The van der Waals surface area contributed by atoms with Gasteiger partial charge in [-0.1, -0.05) is 30.3 Å². The lowest BCUT2D eigenvalue weighted by Gasteiger charge is -2.15. The van der Waals surface area contributed by atoms with Crippen LogP contribution in [0.3, 0.4) is 0 Å². The Labute approximate surface area is 119 Å². The molecule has 4 heteroatoms. The molecule has 0 aliphatic carbocycles. The third-order valence-corrected chi connectivity index (χ3v) is 2.98.